The molecule has 1 aromatic carbocycles. The summed E-state index contributed by atoms with van der Waals surface area (Å²) in [6.07, 6.45) is 3.49. The molecule has 1 fully saturated rings. The SMILES string of the molecule is Cc1ccc(NC(=O)c2ccnc(C(=O)NC3CC3)c2)cc1Br. The number of carbonyl (C=O) groups excluding carboxylic acids is 2. The summed E-state index contributed by atoms with van der Waals surface area (Å²) in [6.45, 7) is 1.98. The molecule has 23 heavy (non-hydrogen) atoms. The number of carbonyl (C=O) groups is 2. The Kier molecular flexibility index (Phi) is 4.43. The molecule has 1 aliphatic carbocycles. The van der Waals surface area contributed by atoms with Crippen LogP contribution >= 0.6 is 15.9 Å². The van der Waals surface area contributed by atoms with Crippen LogP contribution in [0.3, 0.4) is 0 Å². The summed E-state index contributed by atoms with van der Waals surface area (Å²) in [4.78, 5) is 28.4. The van der Waals surface area contributed by atoms with Crippen LogP contribution < -0.4 is 10.6 Å². The van der Waals surface area contributed by atoms with Crippen LogP contribution in [0.4, 0.5) is 5.69 Å². The highest BCUT2D eigenvalue weighted by molar-refractivity contribution is 9.10. The predicted octanol–water partition coefficient (Wildman–Crippen LogP) is 3.30. The zero-order chi connectivity index (χ0) is 16.4. The molecule has 0 bridgehead atoms. The number of halogens is 1. The summed E-state index contributed by atoms with van der Waals surface area (Å²) in [6, 6.07) is 8.95. The third-order valence-corrected chi connectivity index (χ3v) is 4.45. The van der Waals surface area contributed by atoms with Crippen molar-refractivity contribution in [3.63, 3.8) is 0 Å². The minimum atomic E-state index is -0.274. The molecule has 2 aromatic rings. The molecule has 0 spiro atoms. The van der Waals surface area contributed by atoms with Crippen molar-refractivity contribution in [3.8, 4) is 0 Å². The molecule has 0 radical (unpaired) electrons. The minimum Gasteiger partial charge on any atom is -0.348 e. The Hall–Kier alpha value is -2.21. The number of benzene rings is 1. The first-order chi connectivity index (χ1) is 11.0. The smallest absolute Gasteiger partial charge is 0.270 e. The highest BCUT2D eigenvalue weighted by Crippen LogP contribution is 2.21. The van der Waals surface area contributed by atoms with Crippen LogP contribution in [0.25, 0.3) is 0 Å². The molecule has 118 valence electrons. The summed E-state index contributed by atoms with van der Waals surface area (Å²) in [5, 5.41) is 5.68. The van der Waals surface area contributed by atoms with Gasteiger partial charge in [0.1, 0.15) is 5.69 Å². The molecule has 6 heteroatoms. The van der Waals surface area contributed by atoms with Gasteiger partial charge in [-0.05, 0) is 49.6 Å². The quantitative estimate of drug-likeness (QED) is 0.863. The average Bonchev–Trinajstić information content (AvgIpc) is 3.35. The normalized spacial score (nSPS) is 13.5. The molecule has 1 heterocycles. The van der Waals surface area contributed by atoms with Gasteiger partial charge in [-0.15, -0.1) is 0 Å². The lowest BCUT2D eigenvalue weighted by Crippen LogP contribution is -2.26. The van der Waals surface area contributed by atoms with E-state index in [2.05, 4.69) is 31.5 Å². The van der Waals surface area contributed by atoms with Gasteiger partial charge in [-0.25, -0.2) is 0 Å². The zero-order valence-corrected chi connectivity index (χ0v) is 14.2. The molecule has 0 saturated heterocycles. The number of nitrogens with one attached hydrogen (secondary N) is 2. The number of hydrogen-bond acceptors (Lipinski definition) is 3. The lowest BCUT2D eigenvalue weighted by Gasteiger charge is -2.08. The van der Waals surface area contributed by atoms with E-state index in [9.17, 15) is 9.59 Å². The zero-order valence-electron chi connectivity index (χ0n) is 12.6. The van der Waals surface area contributed by atoms with Gasteiger partial charge < -0.3 is 10.6 Å². The van der Waals surface area contributed by atoms with E-state index in [-0.39, 0.29) is 23.6 Å². The number of rotatable bonds is 4. The van der Waals surface area contributed by atoms with Crippen molar-refractivity contribution in [1.29, 1.82) is 0 Å². The lowest BCUT2D eigenvalue weighted by molar-refractivity contribution is 0.0946. The van der Waals surface area contributed by atoms with Crippen LogP contribution in [-0.4, -0.2) is 22.8 Å². The van der Waals surface area contributed by atoms with Crippen molar-refractivity contribution in [2.45, 2.75) is 25.8 Å². The lowest BCUT2D eigenvalue weighted by atomic mass is 10.2. The van der Waals surface area contributed by atoms with Gasteiger partial charge in [-0.2, -0.15) is 0 Å². The first-order valence-corrected chi connectivity index (χ1v) is 8.16. The molecule has 0 unspecified atom stereocenters. The second kappa shape index (κ2) is 6.50. The second-order valence-electron chi connectivity index (χ2n) is 5.60. The molecule has 1 aliphatic rings. The number of aromatic nitrogens is 1. The Balaban J connectivity index is 1.73. The van der Waals surface area contributed by atoms with Gasteiger partial charge in [-0.3, -0.25) is 14.6 Å². The summed E-state index contributed by atoms with van der Waals surface area (Å²) in [7, 11) is 0. The molecular formula is C17H16BrN3O2. The third-order valence-electron chi connectivity index (χ3n) is 3.60. The highest BCUT2D eigenvalue weighted by atomic mass is 79.9. The molecule has 5 nitrogen and oxygen atoms in total. The topological polar surface area (TPSA) is 71.1 Å². The first-order valence-electron chi connectivity index (χ1n) is 7.37. The largest absolute Gasteiger partial charge is 0.348 e. The summed E-state index contributed by atoms with van der Waals surface area (Å²) in [5.41, 5.74) is 2.44. The fraction of sp³-hybridized carbons (Fsp3) is 0.235. The Bertz CT molecular complexity index is 772. The number of aryl methyl sites for hydroxylation is 1. The van der Waals surface area contributed by atoms with Crippen molar-refractivity contribution in [2.24, 2.45) is 0 Å². The third kappa shape index (κ3) is 3.96. The van der Waals surface area contributed by atoms with Crippen LogP contribution in [0, 0.1) is 6.92 Å². The first kappa shape index (κ1) is 15.7. The van der Waals surface area contributed by atoms with Gasteiger partial charge in [0, 0.05) is 28.0 Å². The van der Waals surface area contributed by atoms with Gasteiger partial charge in [0.05, 0.1) is 0 Å². The summed E-state index contributed by atoms with van der Waals surface area (Å²) in [5.74, 6) is -0.510. The van der Waals surface area contributed by atoms with Crippen molar-refractivity contribution in [3.05, 3.63) is 57.8 Å². The van der Waals surface area contributed by atoms with E-state index in [1.54, 1.807) is 6.07 Å². The molecule has 2 amide bonds. The van der Waals surface area contributed by atoms with E-state index in [0.29, 0.717) is 11.3 Å². The Morgan fingerprint density at radius 2 is 1.96 bits per heavy atom. The fourth-order valence-electron chi connectivity index (χ4n) is 2.06. The maximum Gasteiger partial charge on any atom is 0.270 e. The molecule has 2 N–H and O–H groups in total. The second-order valence-corrected chi connectivity index (χ2v) is 6.45. The van der Waals surface area contributed by atoms with Crippen LogP contribution in [0.5, 0.6) is 0 Å². The van der Waals surface area contributed by atoms with Gasteiger partial charge in [-0.1, -0.05) is 22.0 Å². The molecule has 1 aromatic heterocycles. The van der Waals surface area contributed by atoms with Crippen molar-refractivity contribution < 1.29 is 9.59 Å². The van der Waals surface area contributed by atoms with E-state index in [0.717, 1.165) is 22.9 Å². The van der Waals surface area contributed by atoms with Gasteiger partial charge >= 0.3 is 0 Å². The van der Waals surface area contributed by atoms with Crippen LogP contribution in [-0.2, 0) is 0 Å². The van der Waals surface area contributed by atoms with Crippen molar-refractivity contribution in [2.75, 3.05) is 5.32 Å². The monoisotopic (exact) mass is 373 g/mol. The van der Waals surface area contributed by atoms with E-state index in [1.807, 2.05) is 25.1 Å². The molecule has 1 saturated carbocycles. The summed E-state index contributed by atoms with van der Waals surface area (Å²) < 4.78 is 0.925. The fourth-order valence-corrected chi connectivity index (χ4v) is 2.44. The number of nitrogens with zero attached hydrogens (tertiary/aromatic N) is 1. The number of pyridine rings is 1. The summed E-state index contributed by atoms with van der Waals surface area (Å²) >= 11 is 3.44. The van der Waals surface area contributed by atoms with Crippen LogP contribution in [0.1, 0.15) is 39.3 Å². The van der Waals surface area contributed by atoms with E-state index >= 15 is 0 Å². The predicted molar refractivity (Wildman–Crippen MR) is 91.6 cm³/mol. The van der Waals surface area contributed by atoms with Gasteiger partial charge in [0.2, 0.25) is 0 Å². The van der Waals surface area contributed by atoms with E-state index in [1.165, 1.54) is 12.3 Å². The van der Waals surface area contributed by atoms with Gasteiger partial charge in [0.15, 0.2) is 0 Å². The highest BCUT2D eigenvalue weighted by Gasteiger charge is 2.24. The molecule has 0 atom stereocenters. The Morgan fingerprint density at radius 1 is 1.17 bits per heavy atom. The molecule has 0 aliphatic heterocycles. The van der Waals surface area contributed by atoms with E-state index < -0.39 is 0 Å². The van der Waals surface area contributed by atoms with Crippen molar-refractivity contribution >= 4 is 33.4 Å². The van der Waals surface area contributed by atoms with E-state index in [4.69, 9.17) is 0 Å². The average molecular weight is 374 g/mol. The van der Waals surface area contributed by atoms with Crippen LogP contribution in [0.2, 0.25) is 0 Å². The Labute approximate surface area is 142 Å². The Morgan fingerprint density at radius 3 is 2.65 bits per heavy atom. The maximum atomic E-state index is 12.3. The van der Waals surface area contributed by atoms with Crippen LogP contribution in [0.15, 0.2) is 41.0 Å². The minimum absolute atomic E-state index is 0.236. The maximum absolute atomic E-state index is 12.3. The number of anilines is 1. The van der Waals surface area contributed by atoms with Gasteiger partial charge in [0.25, 0.3) is 11.8 Å². The van der Waals surface area contributed by atoms with Crippen molar-refractivity contribution in [1.82, 2.24) is 10.3 Å². The number of hydrogen-bond donors (Lipinski definition) is 2. The molecular weight excluding hydrogens is 358 g/mol. The molecule has 3 rings (SSSR count). The standard InChI is InChI=1S/C17H16BrN3O2/c1-10-2-3-13(9-14(10)18)21-16(22)11-6-7-19-15(8-11)17(23)20-12-4-5-12/h2-3,6-9,12H,4-5H2,1H3,(H,20,23)(H,21,22). The number of amides is 2.